The molecule has 0 unspecified atom stereocenters. The van der Waals surface area contributed by atoms with Gasteiger partial charge in [0.05, 0.1) is 0 Å². The van der Waals surface area contributed by atoms with Crippen molar-refractivity contribution in [3.63, 3.8) is 0 Å². The number of rotatable bonds is 8. The van der Waals surface area contributed by atoms with Gasteiger partial charge in [-0.25, -0.2) is 0 Å². The maximum atomic E-state index is 10.8. The highest BCUT2D eigenvalue weighted by Gasteiger charge is 1.98. The summed E-state index contributed by atoms with van der Waals surface area (Å²) in [4.78, 5) is 17.6. The number of carbonyl (C=O) groups excluding carboxylic acids is 1. The lowest BCUT2D eigenvalue weighted by Gasteiger charge is -2.16. The lowest BCUT2D eigenvalue weighted by Crippen LogP contribution is -2.24. The summed E-state index contributed by atoms with van der Waals surface area (Å²) in [5.74, 6) is 0.194. The summed E-state index contributed by atoms with van der Waals surface area (Å²) in [5.41, 5.74) is 0.960. The zero-order valence-electron chi connectivity index (χ0n) is 10.5. The number of carbonyl (C=O) groups is 1. The Morgan fingerprint density at radius 3 is 2.27 bits per heavy atom. The average molecular weight is 212 g/mol. The van der Waals surface area contributed by atoms with Gasteiger partial charge in [0, 0.05) is 18.7 Å². The average Bonchev–Trinajstić information content (AvgIpc) is 2.17. The van der Waals surface area contributed by atoms with Gasteiger partial charge in [0.25, 0.3) is 0 Å². The summed E-state index contributed by atoms with van der Waals surface area (Å²) in [6, 6.07) is 0. The minimum Gasteiger partial charge on any atom is -0.304 e. The van der Waals surface area contributed by atoms with E-state index in [9.17, 15) is 4.79 Å². The van der Waals surface area contributed by atoms with E-state index in [1.165, 1.54) is 0 Å². The first-order valence-electron chi connectivity index (χ1n) is 5.81. The molecule has 0 aromatic carbocycles. The molecule has 0 rings (SSSR count). The number of nitrogens with zero attached hydrogens (tertiary/aromatic N) is 2. The van der Waals surface area contributed by atoms with E-state index in [0.717, 1.165) is 38.3 Å². The molecule has 0 fully saturated rings. The largest absolute Gasteiger partial charge is 0.304 e. The van der Waals surface area contributed by atoms with Crippen LogP contribution in [-0.4, -0.2) is 42.6 Å². The molecule has 0 atom stereocenters. The Balaban J connectivity index is 3.63. The molecule has 3 heteroatoms. The van der Waals surface area contributed by atoms with Crippen molar-refractivity contribution < 1.29 is 4.79 Å². The highest BCUT2D eigenvalue weighted by molar-refractivity contribution is 5.99. The third kappa shape index (κ3) is 8.30. The van der Waals surface area contributed by atoms with Crippen LogP contribution in [0, 0.1) is 0 Å². The molecule has 15 heavy (non-hydrogen) atoms. The molecule has 0 heterocycles. The van der Waals surface area contributed by atoms with Gasteiger partial charge in [-0.2, -0.15) is 0 Å². The first-order chi connectivity index (χ1) is 7.10. The lowest BCUT2D eigenvalue weighted by atomic mass is 10.2. The molecular weight excluding hydrogens is 188 g/mol. The first-order valence-corrected chi connectivity index (χ1v) is 5.81. The number of hydrogen-bond donors (Lipinski definition) is 0. The van der Waals surface area contributed by atoms with E-state index in [2.05, 4.69) is 23.7 Å². The van der Waals surface area contributed by atoms with Gasteiger partial charge in [-0.1, -0.05) is 13.8 Å². The van der Waals surface area contributed by atoms with Gasteiger partial charge in [-0.05, 0) is 39.9 Å². The van der Waals surface area contributed by atoms with Crippen LogP contribution in [0.15, 0.2) is 4.99 Å². The van der Waals surface area contributed by atoms with Crippen LogP contribution in [0.5, 0.6) is 0 Å². The molecule has 0 saturated carbocycles. The van der Waals surface area contributed by atoms with Crippen molar-refractivity contribution in [1.82, 2.24) is 4.90 Å². The maximum absolute atomic E-state index is 10.8. The van der Waals surface area contributed by atoms with E-state index in [1.807, 2.05) is 6.92 Å². The van der Waals surface area contributed by atoms with Crippen molar-refractivity contribution in [2.45, 2.75) is 40.5 Å². The van der Waals surface area contributed by atoms with E-state index < -0.39 is 0 Å². The van der Waals surface area contributed by atoms with Gasteiger partial charge < -0.3 is 4.90 Å². The molecule has 0 radical (unpaired) electrons. The minimum absolute atomic E-state index is 0.194. The SMILES string of the molecule is CCN(CC)CCCN=C(C)CC(C)=O. The molecule has 0 N–H and O–H groups in total. The summed E-state index contributed by atoms with van der Waals surface area (Å²) >= 11 is 0. The Morgan fingerprint density at radius 1 is 1.20 bits per heavy atom. The van der Waals surface area contributed by atoms with Crippen molar-refractivity contribution in [1.29, 1.82) is 0 Å². The van der Waals surface area contributed by atoms with Crippen molar-refractivity contribution in [2.75, 3.05) is 26.2 Å². The summed E-state index contributed by atoms with van der Waals surface area (Å²) in [6.45, 7) is 12.0. The van der Waals surface area contributed by atoms with Gasteiger partial charge in [-0.15, -0.1) is 0 Å². The Bertz CT molecular complexity index is 208. The molecule has 0 bridgehead atoms. The van der Waals surface area contributed by atoms with E-state index >= 15 is 0 Å². The van der Waals surface area contributed by atoms with E-state index in [0.29, 0.717) is 6.42 Å². The topological polar surface area (TPSA) is 32.7 Å². The quantitative estimate of drug-likeness (QED) is 0.456. The van der Waals surface area contributed by atoms with Crippen LogP contribution in [0.1, 0.15) is 40.5 Å². The zero-order chi connectivity index (χ0) is 11.7. The fraction of sp³-hybridized carbons (Fsp3) is 0.833. The van der Waals surface area contributed by atoms with E-state index in [1.54, 1.807) is 6.92 Å². The van der Waals surface area contributed by atoms with E-state index in [-0.39, 0.29) is 5.78 Å². The fourth-order valence-electron chi connectivity index (χ4n) is 1.52. The van der Waals surface area contributed by atoms with Crippen molar-refractivity contribution in [3.8, 4) is 0 Å². The van der Waals surface area contributed by atoms with Crippen LogP contribution in [0.4, 0.5) is 0 Å². The highest BCUT2D eigenvalue weighted by atomic mass is 16.1. The van der Waals surface area contributed by atoms with Gasteiger partial charge in [0.2, 0.25) is 0 Å². The molecule has 0 aromatic rings. The standard InChI is InChI=1S/C12H24N2O/c1-5-14(6-2)9-7-8-13-11(3)10-12(4)15/h5-10H2,1-4H3. The summed E-state index contributed by atoms with van der Waals surface area (Å²) in [6.07, 6.45) is 1.59. The highest BCUT2D eigenvalue weighted by Crippen LogP contribution is 1.93. The molecule has 3 nitrogen and oxygen atoms in total. The van der Waals surface area contributed by atoms with E-state index in [4.69, 9.17) is 0 Å². The van der Waals surface area contributed by atoms with Gasteiger partial charge in [-0.3, -0.25) is 9.79 Å². The lowest BCUT2D eigenvalue weighted by molar-refractivity contribution is -0.115. The fourth-order valence-corrected chi connectivity index (χ4v) is 1.52. The predicted octanol–water partition coefficient (Wildman–Crippen LogP) is 2.16. The Kier molecular flexibility index (Phi) is 8.19. The minimum atomic E-state index is 0.194. The van der Waals surface area contributed by atoms with Gasteiger partial charge in [0.15, 0.2) is 0 Å². The zero-order valence-corrected chi connectivity index (χ0v) is 10.5. The maximum Gasteiger partial charge on any atom is 0.135 e. The van der Waals surface area contributed by atoms with Gasteiger partial charge in [0.1, 0.15) is 5.78 Å². The second-order valence-corrected chi connectivity index (χ2v) is 3.88. The Hall–Kier alpha value is -0.700. The molecule has 0 spiro atoms. The Labute approximate surface area is 93.6 Å². The third-order valence-corrected chi connectivity index (χ3v) is 2.41. The van der Waals surface area contributed by atoms with Gasteiger partial charge >= 0.3 is 0 Å². The second-order valence-electron chi connectivity index (χ2n) is 3.88. The molecule has 0 aliphatic heterocycles. The molecule has 0 aromatic heterocycles. The number of hydrogen-bond acceptors (Lipinski definition) is 3. The third-order valence-electron chi connectivity index (χ3n) is 2.41. The van der Waals surface area contributed by atoms with Crippen LogP contribution < -0.4 is 0 Å². The first kappa shape index (κ1) is 14.3. The molecule has 0 aliphatic carbocycles. The normalized spacial score (nSPS) is 12.2. The van der Waals surface area contributed by atoms with Crippen LogP contribution in [-0.2, 0) is 4.79 Å². The summed E-state index contributed by atoms with van der Waals surface area (Å²) in [5, 5.41) is 0. The predicted molar refractivity (Wildman–Crippen MR) is 65.7 cm³/mol. The van der Waals surface area contributed by atoms with Crippen LogP contribution >= 0.6 is 0 Å². The second kappa shape index (κ2) is 8.60. The van der Waals surface area contributed by atoms with Crippen LogP contribution in [0.3, 0.4) is 0 Å². The summed E-state index contributed by atoms with van der Waals surface area (Å²) in [7, 11) is 0. The number of aliphatic imine (C=N–C) groups is 1. The smallest absolute Gasteiger partial charge is 0.135 e. The van der Waals surface area contributed by atoms with Crippen molar-refractivity contribution >= 4 is 11.5 Å². The van der Waals surface area contributed by atoms with Crippen LogP contribution in [0.2, 0.25) is 0 Å². The molecule has 0 aliphatic rings. The van der Waals surface area contributed by atoms with Crippen molar-refractivity contribution in [3.05, 3.63) is 0 Å². The molecule has 88 valence electrons. The monoisotopic (exact) mass is 212 g/mol. The Morgan fingerprint density at radius 2 is 1.80 bits per heavy atom. The summed E-state index contributed by atoms with van der Waals surface area (Å²) < 4.78 is 0. The molecule has 0 amide bonds. The van der Waals surface area contributed by atoms with Crippen molar-refractivity contribution in [2.24, 2.45) is 4.99 Å². The number of ketones is 1. The number of Topliss-reactive ketones (excluding diaryl/α,β-unsaturated/α-hetero) is 1. The molecule has 0 saturated heterocycles. The molecular formula is C12H24N2O. The van der Waals surface area contributed by atoms with Crippen LogP contribution in [0.25, 0.3) is 0 Å².